The van der Waals surface area contributed by atoms with Crippen LogP contribution in [0.4, 0.5) is 0 Å². The molecule has 1 atom stereocenters. The van der Waals surface area contributed by atoms with E-state index in [9.17, 15) is 5.11 Å². The van der Waals surface area contributed by atoms with Crippen molar-refractivity contribution in [1.29, 1.82) is 0 Å². The van der Waals surface area contributed by atoms with E-state index in [1.807, 2.05) is 18.8 Å². The molecule has 1 aliphatic carbocycles. The monoisotopic (exact) mass is 284 g/mol. The number of halogens is 1. The molecule has 0 aromatic rings. The molecule has 0 aromatic carbocycles. The Morgan fingerprint density at radius 1 is 1.50 bits per heavy atom. The molecule has 0 aliphatic heterocycles. The van der Waals surface area contributed by atoms with Crippen molar-refractivity contribution >= 4 is 15.9 Å². The van der Waals surface area contributed by atoms with Gasteiger partial charge in [-0.3, -0.25) is 0 Å². The predicted molar refractivity (Wildman–Crippen MR) is 73.5 cm³/mol. The van der Waals surface area contributed by atoms with Crippen molar-refractivity contribution in [3.8, 4) is 0 Å². The minimum absolute atomic E-state index is 0.173. The number of aliphatic hydroxyl groups is 1. The zero-order valence-corrected chi connectivity index (χ0v) is 12.1. The second-order valence-electron chi connectivity index (χ2n) is 5.22. The van der Waals surface area contributed by atoms with E-state index in [1.165, 1.54) is 11.1 Å². The third-order valence-corrected chi connectivity index (χ3v) is 4.10. The van der Waals surface area contributed by atoms with E-state index in [2.05, 4.69) is 41.9 Å². The molecule has 1 N–H and O–H groups in total. The van der Waals surface area contributed by atoms with Crippen molar-refractivity contribution < 1.29 is 5.11 Å². The Morgan fingerprint density at radius 3 is 2.69 bits per heavy atom. The maximum atomic E-state index is 9.89. The van der Waals surface area contributed by atoms with Crippen molar-refractivity contribution in [2.24, 2.45) is 5.41 Å². The fourth-order valence-electron chi connectivity index (χ4n) is 2.17. The van der Waals surface area contributed by atoms with Crippen LogP contribution in [-0.4, -0.2) is 11.2 Å². The van der Waals surface area contributed by atoms with Crippen LogP contribution in [0.1, 0.15) is 40.5 Å². The summed E-state index contributed by atoms with van der Waals surface area (Å²) < 4.78 is 0. The molecule has 16 heavy (non-hydrogen) atoms. The second-order valence-corrected chi connectivity index (χ2v) is 5.68. The molecule has 0 bridgehead atoms. The minimum Gasteiger partial charge on any atom is -0.389 e. The molecule has 1 nitrogen and oxygen atoms in total. The van der Waals surface area contributed by atoms with Gasteiger partial charge in [-0.1, -0.05) is 41.9 Å². The van der Waals surface area contributed by atoms with Crippen molar-refractivity contribution in [1.82, 2.24) is 0 Å². The highest BCUT2D eigenvalue weighted by Crippen LogP contribution is 2.40. The summed E-state index contributed by atoms with van der Waals surface area (Å²) in [5.74, 6) is 0. The van der Waals surface area contributed by atoms with E-state index in [0.29, 0.717) is 0 Å². The van der Waals surface area contributed by atoms with Crippen LogP contribution >= 0.6 is 15.9 Å². The molecule has 2 heteroatoms. The van der Waals surface area contributed by atoms with Crippen LogP contribution in [0.15, 0.2) is 33.9 Å². The minimum atomic E-state index is -0.263. The highest BCUT2D eigenvalue weighted by molar-refractivity contribution is 9.11. The number of aliphatic hydroxyl groups excluding tert-OH is 1. The van der Waals surface area contributed by atoms with Crippen molar-refractivity contribution in [2.45, 2.75) is 46.6 Å². The Kier molecular flexibility index (Phi) is 4.57. The summed E-state index contributed by atoms with van der Waals surface area (Å²) in [6, 6.07) is 0. The molecular formula is C14H21BrO. The molecule has 0 fully saturated rings. The molecule has 0 spiro atoms. The zero-order chi connectivity index (χ0) is 12.3. The fourth-order valence-corrected chi connectivity index (χ4v) is 2.32. The highest BCUT2D eigenvalue weighted by atomic mass is 79.9. The molecule has 1 unspecified atom stereocenters. The quantitative estimate of drug-likeness (QED) is 0.748. The zero-order valence-electron chi connectivity index (χ0n) is 10.5. The Morgan fingerprint density at radius 2 is 2.12 bits per heavy atom. The van der Waals surface area contributed by atoms with Crippen molar-refractivity contribution in [2.75, 3.05) is 0 Å². The molecule has 90 valence electrons. The summed E-state index contributed by atoms with van der Waals surface area (Å²) in [5.41, 5.74) is 3.75. The van der Waals surface area contributed by atoms with Gasteiger partial charge in [0.25, 0.3) is 0 Å². The van der Waals surface area contributed by atoms with E-state index in [4.69, 9.17) is 0 Å². The van der Waals surface area contributed by atoms with Crippen LogP contribution in [0.3, 0.4) is 0 Å². The molecular weight excluding hydrogens is 264 g/mol. The van der Waals surface area contributed by atoms with E-state index in [1.54, 1.807) is 0 Å². The molecule has 0 aromatic heterocycles. The Labute approximate surface area is 107 Å². The van der Waals surface area contributed by atoms with Gasteiger partial charge in [-0.25, -0.2) is 0 Å². The number of hydrogen-bond donors (Lipinski definition) is 1. The fraction of sp³-hybridized carbons (Fsp3) is 0.571. The van der Waals surface area contributed by atoms with Gasteiger partial charge in [0.15, 0.2) is 0 Å². The van der Waals surface area contributed by atoms with E-state index >= 15 is 0 Å². The van der Waals surface area contributed by atoms with Crippen molar-refractivity contribution in [3.05, 3.63) is 33.9 Å². The number of hydrogen-bond acceptors (Lipinski definition) is 1. The maximum Gasteiger partial charge on any atom is 0.0753 e. The lowest BCUT2D eigenvalue weighted by molar-refractivity contribution is 0.163. The van der Waals surface area contributed by atoms with Gasteiger partial charge in [-0.2, -0.15) is 0 Å². The predicted octanol–water partition coefficient (Wildman–Crippen LogP) is 4.34. The summed E-state index contributed by atoms with van der Waals surface area (Å²) in [6.45, 7) is 8.58. The van der Waals surface area contributed by atoms with Gasteiger partial charge < -0.3 is 5.11 Å². The Bertz CT molecular complexity index is 348. The molecule has 0 radical (unpaired) electrons. The van der Waals surface area contributed by atoms with E-state index < -0.39 is 0 Å². The maximum absolute atomic E-state index is 9.89. The highest BCUT2D eigenvalue weighted by Gasteiger charge is 2.30. The summed E-state index contributed by atoms with van der Waals surface area (Å²) in [6.07, 6.45) is 5.89. The first-order chi connectivity index (χ1) is 7.38. The van der Waals surface area contributed by atoms with Crippen LogP contribution in [0.5, 0.6) is 0 Å². The normalized spacial score (nSPS) is 26.6. The largest absolute Gasteiger partial charge is 0.389 e. The average Bonchev–Trinajstić information content (AvgIpc) is 2.23. The van der Waals surface area contributed by atoms with Crippen LogP contribution in [-0.2, 0) is 0 Å². The van der Waals surface area contributed by atoms with E-state index in [-0.39, 0.29) is 11.5 Å². The first-order valence-electron chi connectivity index (χ1n) is 5.73. The van der Waals surface area contributed by atoms with E-state index in [0.717, 1.165) is 18.4 Å². The molecule has 0 saturated carbocycles. The lowest BCUT2D eigenvalue weighted by atomic mass is 9.71. The van der Waals surface area contributed by atoms with Gasteiger partial charge in [0.2, 0.25) is 0 Å². The summed E-state index contributed by atoms with van der Waals surface area (Å²) in [7, 11) is 0. The smallest absolute Gasteiger partial charge is 0.0753 e. The van der Waals surface area contributed by atoms with Gasteiger partial charge >= 0.3 is 0 Å². The lowest BCUT2D eigenvalue weighted by Gasteiger charge is -2.35. The molecule has 1 aliphatic rings. The summed E-state index contributed by atoms with van der Waals surface area (Å²) in [4.78, 5) is 1.91. The van der Waals surface area contributed by atoms with Crippen LogP contribution in [0.25, 0.3) is 0 Å². The second kappa shape index (κ2) is 5.33. The van der Waals surface area contributed by atoms with Gasteiger partial charge in [-0.05, 0) is 53.8 Å². The van der Waals surface area contributed by atoms with Gasteiger partial charge in [0, 0.05) is 0 Å². The van der Waals surface area contributed by atoms with Gasteiger partial charge in [0.1, 0.15) is 0 Å². The SMILES string of the molecule is CC1=C(/C=C/C(C)=C/Br)C(C)(C)CCC1O. The Balaban J connectivity index is 3.05. The van der Waals surface area contributed by atoms with Crippen LogP contribution in [0, 0.1) is 5.41 Å². The molecule has 1 rings (SSSR count). The topological polar surface area (TPSA) is 20.2 Å². The van der Waals surface area contributed by atoms with Crippen LogP contribution < -0.4 is 0 Å². The molecule has 0 heterocycles. The first kappa shape index (κ1) is 13.7. The third kappa shape index (κ3) is 3.08. The third-order valence-electron chi connectivity index (χ3n) is 3.38. The summed E-state index contributed by atoms with van der Waals surface area (Å²) >= 11 is 3.32. The first-order valence-corrected chi connectivity index (χ1v) is 6.64. The van der Waals surface area contributed by atoms with Gasteiger partial charge in [-0.15, -0.1) is 0 Å². The summed E-state index contributed by atoms with van der Waals surface area (Å²) in [5, 5.41) is 9.89. The number of rotatable bonds is 2. The van der Waals surface area contributed by atoms with Crippen molar-refractivity contribution in [3.63, 3.8) is 0 Å². The Hall–Kier alpha value is -0.340. The van der Waals surface area contributed by atoms with Crippen LogP contribution in [0.2, 0.25) is 0 Å². The number of allylic oxidation sites excluding steroid dienone is 4. The average molecular weight is 285 g/mol. The standard InChI is InChI=1S/C14H21BrO/c1-10(9-15)5-6-12-11(2)13(16)7-8-14(12,3)4/h5-6,9,13,16H,7-8H2,1-4H3/b6-5+,10-9+. The molecule has 0 saturated heterocycles. The van der Waals surface area contributed by atoms with Gasteiger partial charge in [0.05, 0.1) is 6.10 Å². The lowest BCUT2D eigenvalue weighted by Crippen LogP contribution is -2.27. The molecule has 0 amide bonds.